The molecule has 1 aromatic rings. The highest BCUT2D eigenvalue weighted by Crippen LogP contribution is 2.36. The molecule has 0 saturated heterocycles. The van der Waals surface area contributed by atoms with Gasteiger partial charge in [0.1, 0.15) is 11.9 Å². The molecule has 0 radical (unpaired) electrons. The number of fused-ring (bicyclic) bond motifs is 1. The van der Waals surface area contributed by atoms with Crippen molar-refractivity contribution in [3.63, 3.8) is 0 Å². The van der Waals surface area contributed by atoms with E-state index in [0.29, 0.717) is 6.04 Å². The van der Waals surface area contributed by atoms with Crippen molar-refractivity contribution in [3.8, 4) is 18.1 Å². The van der Waals surface area contributed by atoms with Crippen LogP contribution in [0.2, 0.25) is 0 Å². The highest BCUT2D eigenvalue weighted by atomic mass is 32.2. The molecule has 2 atom stereocenters. The summed E-state index contributed by atoms with van der Waals surface area (Å²) >= 11 is 1.87. The predicted octanol–water partition coefficient (Wildman–Crippen LogP) is 2.93. The van der Waals surface area contributed by atoms with Crippen LogP contribution in [0.4, 0.5) is 0 Å². The zero-order valence-electron chi connectivity index (χ0n) is 10.7. The summed E-state index contributed by atoms with van der Waals surface area (Å²) in [6.45, 7) is 3.06. The van der Waals surface area contributed by atoms with Crippen molar-refractivity contribution in [3.05, 3.63) is 24.3 Å². The second-order valence-electron chi connectivity index (χ2n) is 4.32. The van der Waals surface area contributed by atoms with E-state index < -0.39 is 0 Å². The van der Waals surface area contributed by atoms with Gasteiger partial charge in [0.2, 0.25) is 0 Å². The van der Waals surface area contributed by atoms with E-state index in [2.05, 4.69) is 30.3 Å². The average molecular weight is 261 g/mol. The first-order valence-electron chi connectivity index (χ1n) is 6.40. The van der Waals surface area contributed by atoms with Gasteiger partial charge in [0.15, 0.2) is 0 Å². The lowest BCUT2D eigenvalue weighted by atomic mass is 10.1. The second-order valence-corrected chi connectivity index (χ2v) is 5.38. The van der Waals surface area contributed by atoms with E-state index in [1.54, 1.807) is 0 Å². The molecular weight excluding hydrogens is 242 g/mol. The molecule has 0 aromatic heterocycles. The van der Waals surface area contributed by atoms with E-state index in [4.69, 9.17) is 11.2 Å². The van der Waals surface area contributed by atoms with Crippen LogP contribution >= 0.6 is 11.8 Å². The molecule has 3 heteroatoms. The molecule has 0 fully saturated rings. The Balaban J connectivity index is 2.03. The van der Waals surface area contributed by atoms with E-state index in [9.17, 15) is 0 Å². The number of ether oxygens (including phenoxy) is 1. The van der Waals surface area contributed by atoms with Crippen LogP contribution in [0.5, 0.6) is 5.75 Å². The fourth-order valence-electron chi connectivity index (χ4n) is 2.15. The summed E-state index contributed by atoms with van der Waals surface area (Å²) in [5, 5.41) is 3.48. The Morgan fingerprint density at radius 3 is 3.17 bits per heavy atom. The molecule has 1 aliphatic heterocycles. The van der Waals surface area contributed by atoms with Gasteiger partial charge in [-0.05, 0) is 25.1 Å². The summed E-state index contributed by atoms with van der Waals surface area (Å²) in [7, 11) is 0. The van der Waals surface area contributed by atoms with Gasteiger partial charge in [-0.3, -0.25) is 0 Å². The molecule has 2 nitrogen and oxygen atoms in total. The minimum atomic E-state index is 0.207. The van der Waals surface area contributed by atoms with Crippen molar-refractivity contribution in [1.82, 2.24) is 5.32 Å². The molecule has 2 unspecified atom stereocenters. The molecule has 0 aliphatic carbocycles. The van der Waals surface area contributed by atoms with Crippen LogP contribution < -0.4 is 10.1 Å². The summed E-state index contributed by atoms with van der Waals surface area (Å²) in [5.41, 5.74) is 0. The summed E-state index contributed by atoms with van der Waals surface area (Å²) in [4.78, 5) is 1.24. The van der Waals surface area contributed by atoms with Gasteiger partial charge in [0.25, 0.3) is 0 Å². The largest absolute Gasteiger partial charge is 0.487 e. The van der Waals surface area contributed by atoms with Crippen LogP contribution in [0.25, 0.3) is 0 Å². The minimum Gasteiger partial charge on any atom is -0.487 e. The second kappa shape index (κ2) is 6.72. The first-order valence-corrected chi connectivity index (χ1v) is 7.39. The van der Waals surface area contributed by atoms with Crippen molar-refractivity contribution in [1.29, 1.82) is 0 Å². The van der Waals surface area contributed by atoms with Gasteiger partial charge in [0, 0.05) is 23.1 Å². The molecule has 1 aliphatic rings. The fraction of sp³-hybridized carbons (Fsp3) is 0.467. The summed E-state index contributed by atoms with van der Waals surface area (Å²) in [6, 6.07) is 8.56. The zero-order chi connectivity index (χ0) is 12.8. The molecule has 0 saturated carbocycles. The van der Waals surface area contributed by atoms with Crippen LogP contribution in [0.1, 0.15) is 19.8 Å². The van der Waals surface area contributed by atoms with E-state index in [1.807, 2.05) is 23.9 Å². The minimum absolute atomic E-state index is 0.207. The fourth-order valence-corrected chi connectivity index (χ4v) is 3.23. The first kappa shape index (κ1) is 13.3. The van der Waals surface area contributed by atoms with E-state index in [-0.39, 0.29) is 6.10 Å². The summed E-state index contributed by atoms with van der Waals surface area (Å²) < 4.78 is 6.09. The van der Waals surface area contributed by atoms with E-state index >= 15 is 0 Å². The third kappa shape index (κ3) is 3.22. The van der Waals surface area contributed by atoms with Crippen LogP contribution in [-0.4, -0.2) is 24.4 Å². The Kier molecular flexibility index (Phi) is 4.98. The molecule has 1 aromatic carbocycles. The number of thioether (sulfide) groups is 1. The first-order chi connectivity index (χ1) is 8.85. The van der Waals surface area contributed by atoms with Gasteiger partial charge in [0.05, 0.1) is 0 Å². The van der Waals surface area contributed by atoms with Crippen LogP contribution in [0.3, 0.4) is 0 Å². The molecule has 96 valence electrons. The van der Waals surface area contributed by atoms with Crippen molar-refractivity contribution >= 4 is 11.8 Å². The third-order valence-electron chi connectivity index (χ3n) is 3.05. The van der Waals surface area contributed by atoms with Crippen LogP contribution in [-0.2, 0) is 0 Å². The maximum Gasteiger partial charge on any atom is 0.133 e. The molecule has 0 amide bonds. The lowest BCUT2D eigenvalue weighted by Gasteiger charge is -2.32. The summed E-state index contributed by atoms with van der Waals surface area (Å²) in [5.74, 6) is 4.70. The molecule has 1 heterocycles. The quantitative estimate of drug-likeness (QED) is 0.823. The number of para-hydroxylation sites is 1. The molecule has 0 bridgehead atoms. The number of hydrogen-bond acceptors (Lipinski definition) is 3. The highest BCUT2D eigenvalue weighted by molar-refractivity contribution is 7.99. The van der Waals surface area contributed by atoms with E-state index in [1.165, 1.54) is 4.90 Å². The number of rotatable bonds is 5. The monoisotopic (exact) mass is 261 g/mol. The van der Waals surface area contributed by atoms with Crippen LogP contribution in [0, 0.1) is 12.3 Å². The Labute approximate surface area is 113 Å². The molecule has 2 rings (SSSR count). The number of hydrogen-bond donors (Lipinski definition) is 1. The number of likely N-dealkylation sites (N-methyl/N-ethyl adjacent to an activating group) is 1. The van der Waals surface area contributed by atoms with Crippen molar-refractivity contribution in [2.75, 3.05) is 12.3 Å². The number of benzene rings is 1. The Morgan fingerprint density at radius 1 is 1.56 bits per heavy atom. The molecule has 0 spiro atoms. The van der Waals surface area contributed by atoms with Crippen molar-refractivity contribution < 1.29 is 4.74 Å². The maximum atomic E-state index is 6.09. The molecule has 18 heavy (non-hydrogen) atoms. The topological polar surface area (TPSA) is 21.3 Å². The van der Waals surface area contributed by atoms with Crippen molar-refractivity contribution in [2.24, 2.45) is 0 Å². The van der Waals surface area contributed by atoms with Gasteiger partial charge < -0.3 is 10.1 Å². The highest BCUT2D eigenvalue weighted by Gasteiger charge is 2.27. The molecular formula is C15H19NOS. The Morgan fingerprint density at radius 2 is 2.39 bits per heavy atom. The smallest absolute Gasteiger partial charge is 0.133 e. The standard InChI is InChI=1S/C15H19NOS/c1-3-5-8-12(16-4-2)14-11-18-15-10-7-6-9-13(15)17-14/h1,6-7,9-10,12,14,16H,4-5,8,11H2,2H3. The van der Waals surface area contributed by atoms with Crippen molar-refractivity contribution in [2.45, 2.75) is 36.8 Å². The van der Waals surface area contributed by atoms with Crippen LogP contribution in [0.15, 0.2) is 29.2 Å². The Hall–Kier alpha value is -1.11. The van der Waals surface area contributed by atoms with Gasteiger partial charge in [-0.15, -0.1) is 24.1 Å². The lowest BCUT2D eigenvalue weighted by Crippen LogP contribution is -2.45. The van der Waals surface area contributed by atoms with Gasteiger partial charge in [-0.25, -0.2) is 0 Å². The zero-order valence-corrected chi connectivity index (χ0v) is 11.5. The van der Waals surface area contributed by atoms with Gasteiger partial charge in [-0.2, -0.15) is 0 Å². The average Bonchev–Trinajstić information content (AvgIpc) is 2.43. The summed E-state index contributed by atoms with van der Waals surface area (Å²) in [6.07, 6.45) is 7.33. The van der Waals surface area contributed by atoms with Gasteiger partial charge in [-0.1, -0.05) is 19.1 Å². The third-order valence-corrected chi connectivity index (χ3v) is 4.19. The van der Waals surface area contributed by atoms with E-state index in [0.717, 1.165) is 30.9 Å². The lowest BCUT2D eigenvalue weighted by molar-refractivity contribution is 0.162. The normalized spacial score (nSPS) is 19.4. The number of nitrogens with one attached hydrogen (secondary N) is 1. The maximum absolute atomic E-state index is 6.09. The molecule has 1 N–H and O–H groups in total. The number of terminal acetylenes is 1. The SMILES string of the molecule is C#CCCC(NCC)C1CSc2ccccc2O1. The Bertz CT molecular complexity index is 427. The van der Waals surface area contributed by atoms with Gasteiger partial charge >= 0.3 is 0 Å². The predicted molar refractivity (Wildman–Crippen MR) is 77.1 cm³/mol.